The number of nitrogens with one attached hydrogen (secondary N) is 1. The van der Waals surface area contributed by atoms with Gasteiger partial charge in [0.15, 0.2) is 0 Å². The second-order valence-electron chi connectivity index (χ2n) is 5.79. The van der Waals surface area contributed by atoms with Gasteiger partial charge in [-0.05, 0) is 30.4 Å². The van der Waals surface area contributed by atoms with E-state index >= 15 is 0 Å². The molecule has 0 saturated heterocycles. The molecule has 4 unspecified atom stereocenters. The zero-order valence-corrected chi connectivity index (χ0v) is 11.8. The molecule has 1 fully saturated rings. The lowest BCUT2D eigenvalue weighted by Crippen LogP contribution is -2.26. The first kappa shape index (κ1) is 13.3. The molecule has 1 saturated carbocycles. The van der Waals surface area contributed by atoms with Crippen LogP contribution in [0.3, 0.4) is 0 Å². The molecule has 5 heteroatoms. The first-order chi connectivity index (χ1) is 9.60. The second-order valence-corrected chi connectivity index (χ2v) is 5.79. The van der Waals surface area contributed by atoms with E-state index in [-0.39, 0.29) is 11.8 Å². The van der Waals surface area contributed by atoms with Gasteiger partial charge < -0.3 is 5.32 Å². The predicted octanol–water partition coefficient (Wildman–Crippen LogP) is 2.03. The molecule has 20 heavy (non-hydrogen) atoms. The van der Waals surface area contributed by atoms with Crippen LogP contribution in [0.2, 0.25) is 0 Å². The quantitative estimate of drug-likeness (QED) is 0.915. The number of hydrogen-bond donors (Lipinski definition) is 1. The molecule has 2 aliphatic rings. The third-order valence-corrected chi connectivity index (χ3v) is 4.35. The number of aryl methyl sites for hydroxylation is 1. The molecular formula is C15H20FN3O. The van der Waals surface area contributed by atoms with Gasteiger partial charge in [-0.1, -0.05) is 6.92 Å². The number of fused-ring (bicyclic) bond motifs is 1. The van der Waals surface area contributed by atoms with Crippen molar-refractivity contribution in [2.45, 2.75) is 31.9 Å². The molecule has 0 radical (unpaired) electrons. The van der Waals surface area contributed by atoms with Gasteiger partial charge in [-0.15, -0.1) is 0 Å². The maximum absolute atomic E-state index is 14.3. The molecule has 1 amide bonds. The van der Waals surface area contributed by atoms with Crippen LogP contribution in [0.25, 0.3) is 6.08 Å². The van der Waals surface area contributed by atoms with E-state index in [1.807, 2.05) is 20.2 Å². The van der Waals surface area contributed by atoms with E-state index in [9.17, 15) is 9.18 Å². The normalized spacial score (nSPS) is 30.9. The summed E-state index contributed by atoms with van der Waals surface area (Å²) in [5.74, 6) is 0.675. The Morgan fingerprint density at radius 1 is 1.60 bits per heavy atom. The molecule has 1 aromatic rings. The number of halogens is 1. The molecule has 0 aromatic carbocycles. The number of alkyl halides is 1. The Hall–Kier alpha value is -1.65. The fourth-order valence-corrected chi connectivity index (χ4v) is 3.17. The molecule has 0 aliphatic heterocycles. The molecule has 4 nitrogen and oxygen atoms in total. The molecule has 1 aromatic heterocycles. The minimum atomic E-state index is -0.941. The van der Waals surface area contributed by atoms with Gasteiger partial charge >= 0.3 is 0 Å². The van der Waals surface area contributed by atoms with Gasteiger partial charge in [-0.3, -0.25) is 9.48 Å². The Kier molecular flexibility index (Phi) is 3.36. The SMILES string of the molecule is CCC(=O)NCC1CC1C1c2cn(C)nc2C=CC1F. The molecule has 0 bridgehead atoms. The van der Waals surface area contributed by atoms with Crippen molar-refractivity contribution < 1.29 is 9.18 Å². The van der Waals surface area contributed by atoms with E-state index in [0.29, 0.717) is 24.8 Å². The van der Waals surface area contributed by atoms with Gasteiger partial charge in [0.05, 0.1) is 5.69 Å². The number of hydrogen-bond acceptors (Lipinski definition) is 2. The lowest BCUT2D eigenvalue weighted by molar-refractivity contribution is -0.120. The maximum atomic E-state index is 14.3. The third-order valence-electron chi connectivity index (χ3n) is 4.35. The van der Waals surface area contributed by atoms with E-state index in [0.717, 1.165) is 17.7 Å². The fourth-order valence-electron chi connectivity index (χ4n) is 3.17. The van der Waals surface area contributed by atoms with Crippen LogP contribution in [0, 0.1) is 11.8 Å². The van der Waals surface area contributed by atoms with Crippen molar-refractivity contribution in [2.24, 2.45) is 18.9 Å². The van der Waals surface area contributed by atoms with Crippen LogP contribution in [0.5, 0.6) is 0 Å². The fraction of sp³-hybridized carbons (Fsp3) is 0.600. The first-order valence-electron chi connectivity index (χ1n) is 7.22. The number of nitrogens with zero attached hydrogens (tertiary/aromatic N) is 2. The number of carbonyl (C=O) groups excluding carboxylic acids is 1. The Balaban J connectivity index is 1.69. The van der Waals surface area contributed by atoms with Gasteiger partial charge in [0.25, 0.3) is 0 Å². The summed E-state index contributed by atoms with van der Waals surface area (Å²) in [4.78, 5) is 11.3. The van der Waals surface area contributed by atoms with Crippen LogP contribution in [0.4, 0.5) is 4.39 Å². The van der Waals surface area contributed by atoms with Crippen molar-refractivity contribution in [1.82, 2.24) is 15.1 Å². The minimum Gasteiger partial charge on any atom is -0.356 e. The first-order valence-corrected chi connectivity index (χ1v) is 7.22. The minimum absolute atomic E-state index is 0.0676. The van der Waals surface area contributed by atoms with Crippen LogP contribution in [-0.2, 0) is 11.8 Å². The van der Waals surface area contributed by atoms with Crippen molar-refractivity contribution in [1.29, 1.82) is 0 Å². The summed E-state index contributed by atoms with van der Waals surface area (Å²) in [5, 5.41) is 7.26. The third kappa shape index (κ3) is 2.37. The summed E-state index contributed by atoms with van der Waals surface area (Å²) < 4.78 is 16.0. The van der Waals surface area contributed by atoms with Gasteiger partial charge in [0.2, 0.25) is 5.91 Å². The summed E-state index contributed by atoms with van der Waals surface area (Å²) in [6.45, 7) is 2.50. The van der Waals surface area contributed by atoms with E-state index in [2.05, 4.69) is 10.4 Å². The monoisotopic (exact) mass is 277 g/mol. The summed E-state index contributed by atoms with van der Waals surface area (Å²) in [7, 11) is 1.86. The Labute approximate surface area is 118 Å². The van der Waals surface area contributed by atoms with Crippen molar-refractivity contribution >= 4 is 12.0 Å². The predicted molar refractivity (Wildman–Crippen MR) is 74.8 cm³/mol. The average molecular weight is 277 g/mol. The van der Waals surface area contributed by atoms with Crippen molar-refractivity contribution in [3.8, 4) is 0 Å². The molecule has 108 valence electrons. The van der Waals surface area contributed by atoms with Crippen molar-refractivity contribution in [2.75, 3.05) is 6.54 Å². The summed E-state index contributed by atoms with van der Waals surface area (Å²) >= 11 is 0. The van der Waals surface area contributed by atoms with E-state index in [4.69, 9.17) is 0 Å². The van der Waals surface area contributed by atoms with E-state index in [1.165, 1.54) is 0 Å². The number of aromatic nitrogens is 2. The zero-order chi connectivity index (χ0) is 14.3. The topological polar surface area (TPSA) is 46.9 Å². The van der Waals surface area contributed by atoms with Crippen LogP contribution in [0.1, 0.15) is 36.9 Å². The van der Waals surface area contributed by atoms with Gasteiger partial charge in [-0.25, -0.2) is 4.39 Å². The number of allylic oxidation sites excluding steroid dienone is 1. The van der Waals surface area contributed by atoms with Gasteiger partial charge in [0, 0.05) is 37.7 Å². The highest BCUT2D eigenvalue weighted by atomic mass is 19.1. The lowest BCUT2D eigenvalue weighted by atomic mass is 9.85. The van der Waals surface area contributed by atoms with Crippen molar-refractivity contribution in [3.63, 3.8) is 0 Å². The largest absolute Gasteiger partial charge is 0.356 e. The highest BCUT2D eigenvalue weighted by Gasteiger charge is 2.48. The molecule has 3 rings (SSSR count). The Morgan fingerprint density at radius 2 is 2.40 bits per heavy atom. The van der Waals surface area contributed by atoms with Crippen LogP contribution >= 0.6 is 0 Å². The van der Waals surface area contributed by atoms with Gasteiger partial charge in [-0.2, -0.15) is 5.10 Å². The number of amides is 1. The number of rotatable bonds is 4. The molecule has 0 spiro atoms. The van der Waals surface area contributed by atoms with Crippen LogP contribution in [0.15, 0.2) is 12.3 Å². The molecule has 1 N–H and O–H groups in total. The molecule has 4 atom stereocenters. The lowest BCUT2D eigenvalue weighted by Gasteiger charge is -2.22. The Bertz CT molecular complexity index is 551. The number of carbonyl (C=O) groups is 1. The molecule has 2 aliphatic carbocycles. The highest BCUT2D eigenvalue weighted by molar-refractivity contribution is 5.75. The Morgan fingerprint density at radius 3 is 3.15 bits per heavy atom. The highest BCUT2D eigenvalue weighted by Crippen LogP contribution is 2.52. The second kappa shape index (κ2) is 5.04. The van der Waals surface area contributed by atoms with Crippen molar-refractivity contribution in [3.05, 3.63) is 23.5 Å². The van der Waals surface area contributed by atoms with Gasteiger partial charge in [0.1, 0.15) is 6.17 Å². The summed E-state index contributed by atoms with van der Waals surface area (Å²) in [6.07, 6.45) is 5.85. The van der Waals surface area contributed by atoms with Crippen LogP contribution < -0.4 is 5.32 Å². The summed E-state index contributed by atoms with van der Waals surface area (Å²) in [5.41, 5.74) is 1.89. The summed E-state index contributed by atoms with van der Waals surface area (Å²) in [6, 6.07) is 0. The van der Waals surface area contributed by atoms with E-state index < -0.39 is 6.17 Å². The average Bonchev–Trinajstić information content (AvgIpc) is 3.08. The molecule has 1 heterocycles. The van der Waals surface area contributed by atoms with Crippen LogP contribution in [-0.4, -0.2) is 28.4 Å². The van der Waals surface area contributed by atoms with E-state index in [1.54, 1.807) is 16.8 Å². The maximum Gasteiger partial charge on any atom is 0.219 e. The zero-order valence-electron chi connectivity index (χ0n) is 11.8. The molecular weight excluding hydrogens is 257 g/mol. The smallest absolute Gasteiger partial charge is 0.219 e. The standard InChI is InChI=1S/C15H20FN3O/c1-3-14(20)17-7-9-6-10(9)15-11-8-19(2)18-13(11)5-4-12(15)16/h4-5,8-10,12,15H,3,6-7H2,1-2H3,(H,17,20).